The van der Waals surface area contributed by atoms with Gasteiger partial charge in [0.2, 0.25) is 5.91 Å². The maximum atomic E-state index is 11.8. The van der Waals surface area contributed by atoms with Crippen molar-refractivity contribution in [1.82, 2.24) is 5.32 Å². The van der Waals surface area contributed by atoms with Gasteiger partial charge in [-0.15, -0.1) is 12.4 Å². The quantitative estimate of drug-likeness (QED) is 0.790. The molecule has 1 amide bonds. The Bertz CT molecular complexity index is 435. The molecular formula is C14H21ClN2O2. The highest BCUT2D eigenvalue weighted by molar-refractivity contribution is 5.98. The molecule has 0 spiro atoms. The van der Waals surface area contributed by atoms with E-state index in [1.807, 2.05) is 13.8 Å². The highest BCUT2D eigenvalue weighted by atomic mass is 35.5. The molecule has 0 heterocycles. The van der Waals surface area contributed by atoms with Crippen LogP contribution in [0.1, 0.15) is 37.6 Å². The molecule has 106 valence electrons. The van der Waals surface area contributed by atoms with Crippen LogP contribution in [0.3, 0.4) is 0 Å². The van der Waals surface area contributed by atoms with Gasteiger partial charge in [0.1, 0.15) is 0 Å². The molecule has 1 rings (SSSR count). The minimum atomic E-state index is -0.245. The molecule has 1 unspecified atom stereocenters. The monoisotopic (exact) mass is 284 g/mol. The predicted octanol–water partition coefficient (Wildman–Crippen LogP) is 2.64. The Morgan fingerprint density at radius 3 is 2.58 bits per heavy atom. The lowest BCUT2D eigenvalue weighted by molar-refractivity contribution is -0.117. The van der Waals surface area contributed by atoms with E-state index < -0.39 is 0 Å². The normalized spacial score (nSPS) is 11.3. The second-order valence-corrected chi connectivity index (χ2v) is 4.30. The maximum absolute atomic E-state index is 11.8. The molecule has 19 heavy (non-hydrogen) atoms. The molecule has 1 atom stereocenters. The van der Waals surface area contributed by atoms with E-state index in [0.29, 0.717) is 11.3 Å². The van der Waals surface area contributed by atoms with Crippen LogP contribution in [0, 0.1) is 0 Å². The lowest BCUT2D eigenvalue weighted by Crippen LogP contribution is -2.38. The number of amides is 1. The summed E-state index contributed by atoms with van der Waals surface area (Å²) in [7, 11) is 0. The van der Waals surface area contributed by atoms with E-state index in [0.717, 1.165) is 13.0 Å². The van der Waals surface area contributed by atoms with Crippen molar-refractivity contribution in [2.45, 2.75) is 33.2 Å². The van der Waals surface area contributed by atoms with Crippen molar-refractivity contribution in [2.75, 3.05) is 11.9 Å². The molecule has 0 aliphatic carbocycles. The van der Waals surface area contributed by atoms with Gasteiger partial charge in [-0.1, -0.05) is 19.1 Å². The topological polar surface area (TPSA) is 58.2 Å². The fraction of sp³-hybridized carbons (Fsp3) is 0.429. The zero-order chi connectivity index (χ0) is 13.5. The van der Waals surface area contributed by atoms with Crippen LogP contribution in [0.5, 0.6) is 0 Å². The third-order valence-corrected chi connectivity index (χ3v) is 2.63. The number of carbonyl (C=O) groups is 2. The number of hydrogen-bond donors (Lipinski definition) is 2. The second kappa shape index (κ2) is 8.67. The summed E-state index contributed by atoms with van der Waals surface area (Å²) in [5, 5.41) is 5.90. The molecule has 1 aromatic carbocycles. The third kappa shape index (κ3) is 5.85. The van der Waals surface area contributed by atoms with Gasteiger partial charge >= 0.3 is 0 Å². The lowest BCUT2D eigenvalue weighted by atomic mass is 10.1. The van der Waals surface area contributed by atoms with Crippen LogP contribution in [0.25, 0.3) is 0 Å². The molecule has 0 aliphatic rings. The number of anilines is 1. The van der Waals surface area contributed by atoms with Gasteiger partial charge in [0.15, 0.2) is 5.78 Å². The van der Waals surface area contributed by atoms with Crippen molar-refractivity contribution in [2.24, 2.45) is 0 Å². The second-order valence-electron chi connectivity index (χ2n) is 4.30. The average molecular weight is 285 g/mol. The van der Waals surface area contributed by atoms with E-state index in [1.165, 1.54) is 6.92 Å². The van der Waals surface area contributed by atoms with E-state index in [2.05, 4.69) is 10.6 Å². The molecular weight excluding hydrogens is 264 g/mol. The van der Waals surface area contributed by atoms with Gasteiger partial charge in [-0.05, 0) is 38.9 Å². The first kappa shape index (κ1) is 17.6. The van der Waals surface area contributed by atoms with Crippen molar-refractivity contribution < 1.29 is 9.59 Å². The molecule has 0 saturated heterocycles. The molecule has 0 aromatic heterocycles. The van der Waals surface area contributed by atoms with Gasteiger partial charge in [-0.3, -0.25) is 9.59 Å². The number of ketones is 1. The van der Waals surface area contributed by atoms with Crippen LogP contribution < -0.4 is 10.6 Å². The number of Topliss-reactive ketones (excluding diaryl/α,β-unsaturated/α-hetero) is 1. The molecule has 0 fully saturated rings. The van der Waals surface area contributed by atoms with E-state index in [4.69, 9.17) is 0 Å². The summed E-state index contributed by atoms with van der Waals surface area (Å²) < 4.78 is 0. The molecule has 2 N–H and O–H groups in total. The summed E-state index contributed by atoms with van der Waals surface area (Å²) in [6.45, 7) is 6.18. The van der Waals surface area contributed by atoms with Crippen molar-refractivity contribution in [3.8, 4) is 0 Å². The third-order valence-electron chi connectivity index (χ3n) is 2.63. The number of hydrogen-bond acceptors (Lipinski definition) is 3. The molecule has 0 saturated carbocycles. The van der Waals surface area contributed by atoms with E-state index >= 15 is 0 Å². The Hall–Kier alpha value is -1.39. The van der Waals surface area contributed by atoms with E-state index in [9.17, 15) is 9.59 Å². The molecule has 4 nitrogen and oxygen atoms in total. The first-order valence-electron chi connectivity index (χ1n) is 6.19. The number of nitrogens with one attached hydrogen (secondary N) is 2. The summed E-state index contributed by atoms with van der Waals surface area (Å²) in [5.74, 6) is -0.104. The fourth-order valence-corrected chi connectivity index (χ4v) is 1.52. The summed E-state index contributed by atoms with van der Waals surface area (Å²) in [4.78, 5) is 23.1. The largest absolute Gasteiger partial charge is 0.325 e. The van der Waals surface area contributed by atoms with Gasteiger partial charge in [-0.25, -0.2) is 0 Å². The SMILES string of the molecule is CCCNC(C)C(=O)Nc1cccc(C(C)=O)c1.Cl. The van der Waals surface area contributed by atoms with Crippen molar-refractivity contribution in [3.05, 3.63) is 29.8 Å². The summed E-state index contributed by atoms with van der Waals surface area (Å²) >= 11 is 0. The highest BCUT2D eigenvalue weighted by Gasteiger charge is 2.12. The number of carbonyl (C=O) groups excluding carboxylic acids is 2. The first-order valence-corrected chi connectivity index (χ1v) is 6.19. The first-order chi connectivity index (χ1) is 8.54. The zero-order valence-electron chi connectivity index (χ0n) is 11.5. The van der Waals surface area contributed by atoms with Crippen LogP contribution in [-0.2, 0) is 4.79 Å². The predicted molar refractivity (Wildman–Crippen MR) is 80.1 cm³/mol. The Labute approximate surface area is 120 Å². The molecule has 5 heteroatoms. The van der Waals surface area contributed by atoms with Gasteiger partial charge in [0, 0.05) is 11.3 Å². The van der Waals surface area contributed by atoms with E-state index in [-0.39, 0.29) is 30.1 Å². The van der Waals surface area contributed by atoms with Gasteiger partial charge in [0.25, 0.3) is 0 Å². The number of halogens is 1. The van der Waals surface area contributed by atoms with Gasteiger partial charge < -0.3 is 10.6 Å². The van der Waals surface area contributed by atoms with Gasteiger partial charge in [0.05, 0.1) is 6.04 Å². The Morgan fingerprint density at radius 1 is 1.32 bits per heavy atom. The van der Waals surface area contributed by atoms with Crippen molar-refractivity contribution in [1.29, 1.82) is 0 Å². The van der Waals surface area contributed by atoms with Crippen molar-refractivity contribution >= 4 is 29.8 Å². The number of rotatable bonds is 6. The molecule has 0 aliphatic heterocycles. The van der Waals surface area contributed by atoms with E-state index in [1.54, 1.807) is 24.3 Å². The van der Waals surface area contributed by atoms with Crippen molar-refractivity contribution in [3.63, 3.8) is 0 Å². The van der Waals surface area contributed by atoms with Crippen LogP contribution in [0.2, 0.25) is 0 Å². The lowest BCUT2D eigenvalue weighted by Gasteiger charge is -2.13. The molecule has 0 radical (unpaired) electrons. The summed E-state index contributed by atoms with van der Waals surface area (Å²) in [6, 6.07) is 6.71. The van der Waals surface area contributed by atoms with Crippen LogP contribution >= 0.6 is 12.4 Å². The smallest absolute Gasteiger partial charge is 0.241 e. The summed E-state index contributed by atoms with van der Waals surface area (Å²) in [5.41, 5.74) is 1.25. The Balaban J connectivity index is 0.00000324. The Morgan fingerprint density at radius 2 is 2.00 bits per heavy atom. The highest BCUT2D eigenvalue weighted by Crippen LogP contribution is 2.11. The van der Waals surface area contributed by atoms with Crippen LogP contribution in [0.4, 0.5) is 5.69 Å². The average Bonchev–Trinajstić information content (AvgIpc) is 2.36. The maximum Gasteiger partial charge on any atom is 0.241 e. The van der Waals surface area contributed by atoms with Crippen LogP contribution in [0.15, 0.2) is 24.3 Å². The molecule has 1 aromatic rings. The zero-order valence-corrected chi connectivity index (χ0v) is 12.3. The van der Waals surface area contributed by atoms with Crippen LogP contribution in [-0.4, -0.2) is 24.3 Å². The minimum Gasteiger partial charge on any atom is -0.325 e. The fourth-order valence-electron chi connectivity index (χ4n) is 1.52. The summed E-state index contributed by atoms with van der Waals surface area (Å²) in [6.07, 6.45) is 0.984. The number of benzene rings is 1. The minimum absolute atomic E-state index is 0. The Kier molecular flexibility index (Phi) is 8.03. The molecule has 0 bridgehead atoms. The van der Waals surface area contributed by atoms with Gasteiger partial charge in [-0.2, -0.15) is 0 Å². The standard InChI is InChI=1S/C14H20N2O2.ClH/c1-4-8-15-10(2)14(18)16-13-7-5-6-12(9-13)11(3)17;/h5-7,9-10,15H,4,8H2,1-3H3,(H,16,18);1H.